The lowest BCUT2D eigenvalue weighted by molar-refractivity contribution is 0.292. The summed E-state index contributed by atoms with van der Waals surface area (Å²) in [6, 6.07) is 6.08. The van der Waals surface area contributed by atoms with Crippen LogP contribution in [0.4, 0.5) is 0 Å². The van der Waals surface area contributed by atoms with Gasteiger partial charge >= 0.3 is 0 Å². The van der Waals surface area contributed by atoms with E-state index >= 15 is 0 Å². The van der Waals surface area contributed by atoms with Gasteiger partial charge < -0.3 is 14.6 Å². The van der Waals surface area contributed by atoms with Crippen molar-refractivity contribution in [3.63, 3.8) is 0 Å². The van der Waals surface area contributed by atoms with Crippen LogP contribution < -0.4 is 10.1 Å². The summed E-state index contributed by atoms with van der Waals surface area (Å²) < 4.78 is 7.49. The van der Waals surface area contributed by atoms with Crippen LogP contribution >= 0.6 is 23.2 Å². The van der Waals surface area contributed by atoms with Crippen LogP contribution in [0.1, 0.15) is 31.3 Å². The van der Waals surface area contributed by atoms with E-state index in [-0.39, 0.29) is 6.04 Å². The lowest BCUT2D eigenvalue weighted by atomic mass is 10.1. The number of halogens is 2. The standard InChI is InChI=1S/C15H19Cl2N3O/c1-4-18-10(2)11-5-6-13(12(16)7-11)21-9-15-19-8-14(17)20(15)3/h5-8,10,18H,4,9H2,1-3H3. The van der Waals surface area contributed by atoms with Gasteiger partial charge in [0.05, 0.1) is 11.2 Å². The second-order valence-electron chi connectivity index (χ2n) is 4.81. The first-order chi connectivity index (χ1) is 10.0. The number of hydrogen-bond acceptors (Lipinski definition) is 3. The van der Waals surface area contributed by atoms with Crippen molar-refractivity contribution < 1.29 is 4.74 Å². The molecule has 4 nitrogen and oxygen atoms in total. The molecule has 0 amide bonds. The number of ether oxygens (including phenoxy) is 1. The Morgan fingerprint density at radius 2 is 2.14 bits per heavy atom. The second kappa shape index (κ2) is 7.16. The van der Waals surface area contributed by atoms with Crippen molar-refractivity contribution in [2.75, 3.05) is 6.54 Å². The summed E-state index contributed by atoms with van der Waals surface area (Å²) in [5, 5.41) is 4.52. The number of rotatable bonds is 6. The highest BCUT2D eigenvalue weighted by Gasteiger charge is 2.10. The third kappa shape index (κ3) is 3.90. The van der Waals surface area contributed by atoms with Crippen molar-refractivity contribution in [2.24, 2.45) is 7.05 Å². The van der Waals surface area contributed by atoms with E-state index in [2.05, 4.69) is 24.1 Å². The van der Waals surface area contributed by atoms with E-state index in [1.807, 2.05) is 25.2 Å². The highest BCUT2D eigenvalue weighted by atomic mass is 35.5. The molecule has 0 fully saturated rings. The van der Waals surface area contributed by atoms with Gasteiger partial charge in [-0.3, -0.25) is 0 Å². The molecular weight excluding hydrogens is 309 g/mol. The van der Waals surface area contributed by atoms with Crippen LogP contribution in [0.15, 0.2) is 24.4 Å². The summed E-state index contributed by atoms with van der Waals surface area (Å²) in [5.41, 5.74) is 1.13. The second-order valence-corrected chi connectivity index (χ2v) is 5.61. The maximum atomic E-state index is 6.28. The van der Waals surface area contributed by atoms with Gasteiger partial charge in [0.2, 0.25) is 0 Å². The average molecular weight is 328 g/mol. The third-order valence-electron chi connectivity index (χ3n) is 3.35. The molecular formula is C15H19Cl2N3O. The third-order valence-corrected chi connectivity index (χ3v) is 4.00. The molecule has 6 heteroatoms. The van der Waals surface area contributed by atoms with Crippen LogP contribution in [0, 0.1) is 0 Å². The minimum Gasteiger partial charge on any atom is -0.484 e. The first-order valence-electron chi connectivity index (χ1n) is 6.84. The molecule has 114 valence electrons. The van der Waals surface area contributed by atoms with Crippen LogP contribution in [-0.2, 0) is 13.7 Å². The first-order valence-corrected chi connectivity index (χ1v) is 7.60. The minimum atomic E-state index is 0.259. The van der Waals surface area contributed by atoms with Crippen molar-refractivity contribution >= 4 is 23.2 Å². The van der Waals surface area contributed by atoms with Crippen LogP contribution in [0.25, 0.3) is 0 Å². The normalized spacial score (nSPS) is 12.4. The molecule has 1 atom stereocenters. The Morgan fingerprint density at radius 1 is 1.38 bits per heavy atom. The Hall–Kier alpha value is -1.23. The van der Waals surface area contributed by atoms with Gasteiger partial charge in [-0.1, -0.05) is 36.2 Å². The molecule has 2 aromatic rings. The summed E-state index contributed by atoms with van der Waals surface area (Å²) in [7, 11) is 1.84. The van der Waals surface area contributed by atoms with Crippen molar-refractivity contribution in [2.45, 2.75) is 26.5 Å². The lowest BCUT2D eigenvalue weighted by Crippen LogP contribution is -2.17. The fourth-order valence-electron chi connectivity index (χ4n) is 2.03. The predicted molar refractivity (Wildman–Crippen MR) is 86.1 cm³/mol. The molecule has 21 heavy (non-hydrogen) atoms. The van der Waals surface area contributed by atoms with E-state index in [0.717, 1.165) is 17.9 Å². The Labute approximate surface area is 135 Å². The molecule has 0 saturated heterocycles. The number of aromatic nitrogens is 2. The summed E-state index contributed by atoms with van der Waals surface area (Å²) in [4.78, 5) is 4.18. The number of imidazole rings is 1. The maximum absolute atomic E-state index is 6.28. The van der Waals surface area contributed by atoms with Crippen molar-refractivity contribution in [1.82, 2.24) is 14.9 Å². The SMILES string of the molecule is CCNC(C)c1ccc(OCc2ncc(Cl)n2C)c(Cl)c1. The molecule has 1 N–H and O–H groups in total. The van der Waals surface area contributed by atoms with E-state index in [1.165, 1.54) is 0 Å². The average Bonchev–Trinajstić information content (AvgIpc) is 2.78. The van der Waals surface area contributed by atoms with E-state index < -0.39 is 0 Å². The van der Waals surface area contributed by atoms with Crippen LogP contribution in [0.2, 0.25) is 10.2 Å². The monoisotopic (exact) mass is 327 g/mol. The van der Waals surface area contributed by atoms with Crippen LogP contribution in [0.5, 0.6) is 5.75 Å². The molecule has 0 saturated carbocycles. The minimum absolute atomic E-state index is 0.259. The topological polar surface area (TPSA) is 39.1 Å². The molecule has 0 aliphatic rings. The zero-order valence-corrected chi connectivity index (χ0v) is 13.9. The smallest absolute Gasteiger partial charge is 0.147 e. The molecule has 1 unspecified atom stereocenters. The van der Waals surface area contributed by atoms with Crippen molar-refractivity contribution in [1.29, 1.82) is 0 Å². The molecule has 0 aliphatic heterocycles. The van der Waals surface area contributed by atoms with Gasteiger partial charge in [-0.05, 0) is 31.2 Å². The quantitative estimate of drug-likeness (QED) is 0.872. The van der Waals surface area contributed by atoms with Gasteiger partial charge in [0.25, 0.3) is 0 Å². The zero-order valence-electron chi connectivity index (χ0n) is 12.4. The number of nitrogens with one attached hydrogen (secondary N) is 1. The summed E-state index contributed by atoms with van der Waals surface area (Å²) >= 11 is 12.2. The summed E-state index contributed by atoms with van der Waals surface area (Å²) in [5.74, 6) is 1.39. The molecule has 0 spiro atoms. The number of hydrogen-bond donors (Lipinski definition) is 1. The maximum Gasteiger partial charge on any atom is 0.147 e. The molecule has 1 aromatic heterocycles. The van der Waals surface area contributed by atoms with Gasteiger partial charge in [0.15, 0.2) is 0 Å². The van der Waals surface area contributed by atoms with Gasteiger partial charge in [0.1, 0.15) is 23.3 Å². The lowest BCUT2D eigenvalue weighted by Gasteiger charge is -2.15. The highest BCUT2D eigenvalue weighted by Crippen LogP contribution is 2.28. The fraction of sp³-hybridized carbons (Fsp3) is 0.400. The van der Waals surface area contributed by atoms with Crippen LogP contribution in [-0.4, -0.2) is 16.1 Å². The van der Waals surface area contributed by atoms with Crippen LogP contribution in [0.3, 0.4) is 0 Å². The zero-order chi connectivity index (χ0) is 15.4. The van der Waals surface area contributed by atoms with E-state index in [0.29, 0.717) is 22.5 Å². The van der Waals surface area contributed by atoms with E-state index in [4.69, 9.17) is 27.9 Å². The Morgan fingerprint density at radius 3 is 2.71 bits per heavy atom. The molecule has 2 rings (SSSR count). The van der Waals surface area contributed by atoms with E-state index in [1.54, 1.807) is 10.8 Å². The summed E-state index contributed by atoms with van der Waals surface area (Å²) in [6.07, 6.45) is 1.60. The Kier molecular flexibility index (Phi) is 5.51. The number of nitrogens with zero attached hydrogens (tertiary/aromatic N) is 2. The van der Waals surface area contributed by atoms with Gasteiger partial charge in [-0.25, -0.2) is 4.98 Å². The van der Waals surface area contributed by atoms with Gasteiger partial charge in [-0.2, -0.15) is 0 Å². The Balaban J connectivity index is 2.06. The Bertz CT molecular complexity index is 613. The van der Waals surface area contributed by atoms with Crippen molar-refractivity contribution in [3.8, 4) is 5.75 Å². The van der Waals surface area contributed by atoms with Gasteiger partial charge in [-0.15, -0.1) is 0 Å². The largest absolute Gasteiger partial charge is 0.484 e. The molecule has 0 bridgehead atoms. The molecule has 1 aromatic carbocycles. The molecule has 1 heterocycles. The van der Waals surface area contributed by atoms with Gasteiger partial charge in [0, 0.05) is 13.1 Å². The fourth-order valence-corrected chi connectivity index (χ4v) is 2.42. The predicted octanol–water partition coefficient (Wildman–Crippen LogP) is 3.98. The van der Waals surface area contributed by atoms with Crippen molar-refractivity contribution in [3.05, 3.63) is 46.0 Å². The number of benzene rings is 1. The highest BCUT2D eigenvalue weighted by molar-refractivity contribution is 6.32. The molecule has 0 aliphatic carbocycles. The van der Waals surface area contributed by atoms with E-state index in [9.17, 15) is 0 Å². The molecule has 0 radical (unpaired) electrons. The summed E-state index contributed by atoms with van der Waals surface area (Å²) in [6.45, 7) is 5.42. The first kappa shape index (κ1) is 16.1.